The highest BCUT2D eigenvalue weighted by atomic mass is 32.1. The maximum absolute atomic E-state index is 5.44. The van der Waals surface area contributed by atoms with E-state index in [-0.39, 0.29) is 5.41 Å². The normalized spacial score (nSPS) is 13.8. The van der Waals surface area contributed by atoms with E-state index in [0.29, 0.717) is 0 Å². The topological polar surface area (TPSA) is 30.7 Å². The molecule has 0 spiro atoms. The Kier molecular flexibility index (Phi) is 4.55. The number of benzene rings is 5. The molecule has 41 heavy (non-hydrogen) atoms. The maximum Gasteiger partial charge on any atom is 0.161 e. The molecule has 0 unspecified atom stereocenters. The fourth-order valence-electron chi connectivity index (χ4n) is 6.85. The van der Waals surface area contributed by atoms with Crippen LogP contribution in [0.1, 0.15) is 25.1 Å². The van der Waals surface area contributed by atoms with Crippen LogP contribution in [0.3, 0.4) is 0 Å². The minimum atomic E-state index is -0.251. The van der Waals surface area contributed by atoms with Gasteiger partial charge in [0.05, 0.1) is 21.4 Å². The van der Waals surface area contributed by atoms with Crippen molar-refractivity contribution in [3.63, 3.8) is 0 Å². The number of rotatable bonds is 2. The van der Waals surface area contributed by atoms with E-state index in [1.807, 2.05) is 17.4 Å². The van der Waals surface area contributed by atoms with Crippen molar-refractivity contribution in [2.75, 3.05) is 0 Å². The van der Waals surface area contributed by atoms with Crippen LogP contribution < -0.4 is 0 Å². The molecular formula is C37H25N3S. The highest BCUT2D eigenvalue weighted by Crippen LogP contribution is 2.51. The van der Waals surface area contributed by atoms with Crippen molar-refractivity contribution in [3.05, 3.63) is 127 Å². The zero-order valence-corrected chi connectivity index (χ0v) is 23.5. The molecule has 3 heterocycles. The second-order valence-corrected chi connectivity index (χ2v) is 12.5. The van der Waals surface area contributed by atoms with Gasteiger partial charge in [0.25, 0.3) is 0 Å². The molecule has 0 aliphatic heterocycles. The summed E-state index contributed by atoms with van der Waals surface area (Å²) in [4.78, 5) is 10.7. The summed E-state index contributed by atoms with van der Waals surface area (Å²) in [5.74, 6) is 1.71. The Balaban J connectivity index is 1.51. The van der Waals surface area contributed by atoms with Crippen molar-refractivity contribution in [3.8, 4) is 28.3 Å². The number of hydrogen-bond donors (Lipinski definition) is 0. The van der Waals surface area contributed by atoms with Gasteiger partial charge in [-0.05, 0) is 23.3 Å². The molecule has 1 aliphatic rings. The monoisotopic (exact) mass is 543 g/mol. The molecule has 8 aromatic rings. The third kappa shape index (κ3) is 3.03. The third-order valence-corrected chi connectivity index (χ3v) is 9.97. The summed E-state index contributed by atoms with van der Waals surface area (Å²) < 4.78 is 5.02. The van der Waals surface area contributed by atoms with E-state index < -0.39 is 0 Å². The average Bonchev–Trinajstić information content (AvgIpc) is 3.64. The van der Waals surface area contributed by atoms with Crippen LogP contribution in [0.4, 0.5) is 0 Å². The first-order valence-electron chi connectivity index (χ1n) is 14.0. The molecule has 0 N–H and O–H groups in total. The van der Waals surface area contributed by atoms with Crippen LogP contribution in [-0.2, 0) is 5.41 Å². The lowest BCUT2D eigenvalue weighted by Crippen LogP contribution is -2.18. The van der Waals surface area contributed by atoms with Gasteiger partial charge in [0.2, 0.25) is 0 Å². The fraction of sp³-hybridized carbons (Fsp3) is 0.0811. The van der Waals surface area contributed by atoms with Crippen LogP contribution in [0.2, 0.25) is 0 Å². The fourth-order valence-corrected chi connectivity index (χ4v) is 8.09. The van der Waals surface area contributed by atoms with Crippen molar-refractivity contribution < 1.29 is 0 Å². The minimum Gasteiger partial charge on any atom is -0.292 e. The summed E-state index contributed by atoms with van der Waals surface area (Å²) in [5, 5.41) is 5.08. The molecule has 0 saturated heterocycles. The van der Waals surface area contributed by atoms with Gasteiger partial charge in [0.1, 0.15) is 5.82 Å². The summed E-state index contributed by atoms with van der Waals surface area (Å²) >= 11 is 1.87. The van der Waals surface area contributed by atoms with E-state index in [9.17, 15) is 0 Å². The van der Waals surface area contributed by atoms with Crippen LogP contribution >= 0.6 is 11.3 Å². The van der Waals surface area contributed by atoms with Crippen LogP contribution in [0.15, 0.2) is 115 Å². The largest absolute Gasteiger partial charge is 0.292 e. The second kappa shape index (κ2) is 8.12. The van der Waals surface area contributed by atoms with Gasteiger partial charge in [-0.2, -0.15) is 0 Å². The van der Waals surface area contributed by atoms with Gasteiger partial charge in [-0.15, -0.1) is 11.3 Å². The summed E-state index contributed by atoms with van der Waals surface area (Å²) in [6.07, 6.45) is 0. The number of aromatic nitrogens is 3. The average molecular weight is 544 g/mol. The van der Waals surface area contributed by atoms with E-state index in [1.54, 1.807) is 0 Å². The molecule has 9 rings (SSSR count). The van der Waals surface area contributed by atoms with Gasteiger partial charge in [-0.25, -0.2) is 9.97 Å². The van der Waals surface area contributed by atoms with Gasteiger partial charge in [-0.3, -0.25) is 4.57 Å². The van der Waals surface area contributed by atoms with Gasteiger partial charge in [0, 0.05) is 42.8 Å². The number of hydrogen-bond acceptors (Lipinski definition) is 3. The molecule has 194 valence electrons. The Bertz CT molecular complexity index is 2340. The van der Waals surface area contributed by atoms with Gasteiger partial charge >= 0.3 is 0 Å². The zero-order chi connectivity index (χ0) is 27.3. The van der Waals surface area contributed by atoms with Crippen LogP contribution in [0, 0.1) is 0 Å². The van der Waals surface area contributed by atoms with Crippen LogP contribution in [0.5, 0.6) is 0 Å². The van der Waals surface area contributed by atoms with E-state index in [0.717, 1.165) is 34.0 Å². The molecule has 0 saturated carbocycles. The molecule has 5 aromatic carbocycles. The summed E-state index contributed by atoms with van der Waals surface area (Å²) in [6.45, 7) is 4.58. The Labute approximate surface area is 241 Å². The highest BCUT2D eigenvalue weighted by Gasteiger charge is 2.40. The molecule has 3 nitrogen and oxygen atoms in total. The molecule has 0 atom stereocenters. The van der Waals surface area contributed by atoms with E-state index >= 15 is 0 Å². The first-order chi connectivity index (χ1) is 20.1. The number of thiophene rings is 1. The Morgan fingerprint density at radius 2 is 1.34 bits per heavy atom. The molecule has 0 fully saturated rings. The Morgan fingerprint density at radius 1 is 0.634 bits per heavy atom. The van der Waals surface area contributed by atoms with E-state index in [2.05, 4.69) is 128 Å². The SMILES string of the molecule is CC1(C)c2ccccc2-c2c(-n3c4ccccc4c4ccc5c6ccccc6sc5c43)nc(-c3ccccc3)nc21. The molecule has 0 amide bonds. The van der Waals surface area contributed by atoms with Crippen molar-refractivity contribution in [2.24, 2.45) is 0 Å². The Hall–Kier alpha value is -4.80. The number of para-hydroxylation sites is 1. The summed E-state index contributed by atoms with van der Waals surface area (Å²) in [5.41, 5.74) is 7.87. The third-order valence-electron chi connectivity index (χ3n) is 8.77. The smallest absolute Gasteiger partial charge is 0.161 e. The van der Waals surface area contributed by atoms with Crippen molar-refractivity contribution in [2.45, 2.75) is 19.3 Å². The van der Waals surface area contributed by atoms with E-state index in [1.165, 1.54) is 47.6 Å². The number of fused-ring (bicyclic) bond motifs is 10. The Morgan fingerprint density at radius 3 is 2.22 bits per heavy atom. The van der Waals surface area contributed by atoms with Gasteiger partial charge < -0.3 is 0 Å². The predicted molar refractivity (Wildman–Crippen MR) is 172 cm³/mol. The quantitative estimate of drug-likeness (QED) is 0.217. The lowest BCUT2D eigenvalue weighted by molar-refractivity contribution is 0.635. The van der Waals surface area contributed by atoms with Crippen molar-refractivity contribution in [1.82, 2.24) is 14.5 Å². The summed E-state index contributed by atoms with van der Waals surface area (Å²) in [6, 6.07) is 41.2. The molecule has 4 heteroatoms. The standard InChI is InChI=1S/C37H25N3S/c1-37(2)28-17-9-6-16-27(28)31-34(37)38-35(22-12-4-3-5-13-22)39-36(31)40-29-18-10-7-14-23(29)25-20-21-26-24-15-8-11-19-30(24)41-33(26)32(25)40/h3-21H,1-2H3. The molecule has 0 radical (unpaired) electrons. The van der Waals surface area contributed by atoms with Crippen molar-refractivity contribution >= 4 is 53.3 Å². The molecule has 0 bridgehead atoms. The second-order valence-electron chi connectivity index (χ2n) is 11.4. The lowest BCUT2D eigenvalue weighted by atomic mass is 9.85. The van der Waals surface area contributed by atoms with E-state index in [4.69, 9.17) is 9.97 Å². The lowest BCUT2D eigenvalue weighted by Gasteiger charge is -2.21. The minimum absolute atomic E-state index is 0.251. The van der Waals surface area contributed by atoms with Crippen LogP contribution in [-0.4, -0.2) is 14.5 Å². The highest BCUT2D eigenvalue weighted by molar-refractivity contribution is 7.26. The maximum atomic E-state index is 5.44. The molecular weight excluding hydrogens is 518 g/mol. The first-order valence-corrected chi connectivity index (χ1v) is 14.8. The molecule has 1 aliphatic carbocycles. The summed E-state index contributed by atoms with van der Waals surface area (Å²) in [7, 11) is 0. The molecule has 3 aromatic heterocycles. The van der Waals surface area contributed by atoms with Crippen molar-refractivity contribution in [1.29, 1.82) is 0 Å². The number of nitrogens with zero attached hydrogens (tertiary/aromatic N) is 3. The first kappa shape index (κ1) is 23.0. The predicted octanol–water partition coefficient (Wildman–Crippen LogP) is 9.91. The zero-order valence-electron chi connectivity index (χ0n) is 22.7. The van der Waals surface area contributed by atoms with Gasteiger partial charge in [0.15, 0.2) is 5.82 Å². The van der Waals surface area contributed by atoms with Gasteiger partial charge in [-0.1, -0.05) is 117 Å². The van der Waals surface area contributed by atoms with Crippen LogP contribution in [0.25, 0.3) is 70.3 Å².